The van der Waals surface area contributed by atoms with Crippen LogP contribution in [0.25, 0.3) is 50.0 Å². The molecule has 0 unspecified atom stereocenters. The SMILES string of the molecule is CC1(C)C=Cc2c(cc(O)c3c(=O)c4ccc(O[C@@H]5c6c(cc(O)c7c(=O)c8ccc(O)c(O)c8oc67)O[C@H]5C(C)(C)O)c(O)c4oc23)O1. The summed E-state index contributed by atoms with van der Waals surface area (Å²) in [5.41, 5.74) is -4.20. The minimum absolute atomic E-state index is 0.0288. The molecule has 2 aromatic heterocycles. The van der Waals surface area contributed by atoms with Gasteiger partial charge in [-0.3, -0.25) is 9.59 Å². The van der Waals surface area contributed by atoms with E-state index in [1.165, 1.54) is 44.2 Å². The van der Waals surface area contributed by atoms with Gasteiger partial charge in [0.2, 0.25) is 22.4 Å². The fourth-order valence-corrected chi connectivity index (χ4v) is 6.50. The molecule has 0 amide bonds. The smallest absolute Gasteiger partial charge is 0.204 e. The van der Waals surface area contributed by atoms with E-state index in [0.29, 0.717) is 5.56 Å². The molecule has 2 atom stereocenters. The first-order valence-corrected chi connectivity index (χ1v) is 15.2. The maximum Gasteiger partial charge on any atom is 0.204 e. The quantitative estimate of drug-likeness (QED) is 0.101. The fourth-order valence-electron chi connectivity index (χ4n) is 6.50. The van der Waals surface area contributed by atoms with Crippen molar-refractivity contribution in [3.63, 3.8) is 0 Å². The normalized spacial score (nSPS) is 18.1. The molecule has 250 valence electrons. The lowest BCUT2D eigenvalue weighted by Crippen LogP contribution is -2.43. The Morgan fingerprint density at radius 1 is 0.755 bits per heavy atom. The number of hydrogen-bond donors (Lipinski definition) is 6. The highest BCUT2D eigenvalue weighted by Gasteiger charge is 2.48. The molecule has 0 aliphatic carbocycles. The summed E-state index contributed by atoms with van der Waals surface area (Å²) in [6.45, 7) is 6.51. The minimum atomic E-state index is -1.63. The number of aromatic hydroxyl groups is 5. The summed E-state index contributed by atoms with van der Waals surface area (Å²) in [4.78, 5) is 27.2. The second kappa shape index (κ2) is 9.73. The summed E-state index contributed by atoms with van der Waals surface area (Å²) in [6, 6.07) is 7.47. The van der Waals surface area contributed by atoms with E-state index < -0.39 is 57.3 Å². The Hall–Kier alpha value is -6.08. The molecular formula is C36H28O13. The number of ether oxygens (including phenoxy) is 3. The Bertz CT molecular complexity index is 2600. The second-order valence-corrected chi connectivity index (χ2v) is 13.3. The van der Waals surface area contributed by atoms with Gasteiger partial charge in [0.25, 0.3) is 0 Å². The zero-order chi connectivity index (χ0) is 34.9. The number of fused-ring (bicyclic) bond motifs is 8. The summed E-state index contributed by atoms with van der Waals surface area (Å²) < 4.78 is 30.4. The Kier molecular flexibility index (Phi) is 6.01. The van der Waals surface area contributed by atoms with Gasteiger partial charge in [-0.05, 0) is 64.1 Å². The van der Waals surface area contributed by atoms with Crippen LogP contribution < -0.4 is 25.1 Å². The van der Waals surface area contributed by atoms with Gasteiger partial charge in [-0.2, -0.15) is 0 Å². The molecule has 4 aromatic carbocycles. The van der Waals surface area contributed by atoms with Gasteiger partial charge in [0.1, 0.15) is 39.4 Å². The Balaban J connectivity index is 1.35. The van der Waals surface area contributed by atoms with Crippen LogP contribution in [0.3, 0.4) is 0 Å². The molecule has 2 aliphatic rings. The zero-order valence-corrected chi connectivity index (χ0v) is 26.3. The van der Waals surface area contributed by atoms with E-state index in [1.54, 1.807) is 12.2 Å². The third kappa shape index (κ3) is 4.28. The predicted molar refractivity (Wildman–Crippen MR) is 176 cm³/mol. The maximum absolute atomic E-state index is 13.7. The molecule has 13 heteroatoms. The lowest BCUT2D eigenvalue weighted by atomic mass is 9.93. The van der Waals surface area contributed by atoms with Crippen LogP contribution in [0.15, 0.2) is 60.9 Å². The molecule has 0 saturated carbocycles. The minimum Gasteiger partial charge on any atom is -0.507 e. The molecule has 6 aromatic rings. The molecule has 13 nitrogen and oxygen atoms in total. The first-order chi connectivity index (χ1) is 23.1. The standard InChI is InChI=1S/C36H28O13/c1-35(2)10-9-13-20(49-35)11-17(38)22-25(40)15-6-8-19(28(43)31(15)47-29(13)22)45-33-24-21(46-34(33)36(3,4)44)12-18(39)23-26(41)14-5-7-16(37)27(42)30(14)48-32(23)24/h5-12,33-34,37-39,42-44H,1-4H3/t33-,34-/m1/s1. The molecule has 0 fully saturated rings. The van der Waals surface area contributed by atoms with Gasteiger partial charge in [0, 0.05) is 12.1 Å². The summed E-state index contributed by atoms with van der Waals surface area (Å²) in [5.74, 6) is -2.74. The van der Waals surface area contributed by atoms with E-state index in [2.05, 4.69) is 0 Å². The maximum atomic E-state index is 13.7. The van der Waals surface area contributed by atoms with E-state index in [-0.39, 0.29) is 72.4 Å². The van der Waals surface area contributed by atoms with E-state index in [9.17, 15) is 40.2 Å². The van der Waals surface area contributed by atoms with E-state index in [1.807, 2.05) is 13.8 Å². The van der Waals surface area contributed by atoms with Crippen LogP contribution in [0.5, 0.6) is 46.0 Å². The van der Waals surface area contributed by atoms with Gasteiger partial charge in [-0.1, -0.05) is 0 Å². The highest BCUT2D eigenvalue weighted by atomic mass is 16.6. The van der Waals surface area contributed by atoms with E-state index in [0.717, 1.165) is 6.07 Å². The van der Waals surface area contributed by atoms with Crippen molar-refractivity contribution in [1.29, 1.82) is 0 Å². The largest absolute Gasteiger partial charge is 0.507 e. The van der Waals surface area contributed by atoms with Crippen molar-refractivity contribution < 1.29 is 53.7 Å². The number of rotatable bonds is 3. The van der Waals surface area contributed by atoms with Crippen molar-refractivity contribution in [2.45, 2.75) is 51.1 Å². The van der Waals surface area contributed by atoms with Crippen LogP contribution in [0.2, 0.25) is 0 Å². The van der Waals surface area contributed by atoms with E-state index in [4.69, 9.17) is 23.0 Å². The van der Waals surface area contributed by atoms with Gasteiger partial charge < -0.3 is 53.7 Å². The molecule has 8 rings (SSSR count). The van der Waals surface area contributed by atoms with Crippen LogP contribution in [0.1, 0.15) is 44.9 Å². The van der Waals surface area contributed by atoms with Crippen LogP contribution >= 0.6 is 0 Å². The van der Waals surface area contributed by atoms with Gasteiger partial charge in [0.15, 0.2) is 46.0 Å². The van der Waals surface area contributed by atoms with Crippen molar-refractivity contribution in [3.05, 3.63) is 74.0 Å². The lowest BCUT2D eigenvalue weighted by Gasteiger charge is -2.30. The Morgan fingerprint density at radius 3 is 2.02 bits per heavy atom. The summed E-state index contributed by atoms with van der Waals surface area (Å²) in [5, 5.41) is 64.5. The third-order valence-electron chi connectivity index (χ3n) is 8.87. The fraction of sp³-hybridized carbons (Fsp3) is 0.222. The van der Waals surface area contributed by atoms with Gasteiger partial charge in [-0.25, -0.2) is 0 Å². The van der Waals surface area contributed by atoms with Crippen molar-refractivity contribution in [2.24, 2.45) is 0 Å². The van der Waals surface area contributed by atoms with Gasteiger partial charge in [-0.15, -0.1) is 0 Å². The van der Waals surface area contributed by atoms with E-state index >= 15 is 0 Å². The lowest BCUT2D eigenvalue weighted by molar-refractivity contribution is -0.0693. The van der Waals surface area contributed by atoms with Crippen LogP contribution in [-0.4, -0.2) is 47.9 Å². The van der Waals surface area contributed by atoms with Crippen molar-refractivity contribution in [2.75, 3.05) is 0 Å². The summed E-state index contributed by atoms with van der Waals surface area (Å²) >= 11 is 0. The molecule has 49 heavy (non-hydrogen) atoms. The summed E-state index contributed by atoms with van der Waals surface area (Å²) in [7, 11) is 0. The molecular weight excluding hydrogens is 640 g/mol. The number of benzene rings is 4. The second-order valence-electron chi connectivity index (χ2n) is 13.3. The van der Waals surface area contributed by atoms with Crippen molar-refractivity contribution >= 4 is 50.0 Å². The molecule has 0 bridgehead atoms. The zero-order valence-electron chi connectivity index (χ0n) is 26.3. The Morgan fingerprint density at radius 2 is 1.35 bits per heavy atom. The predicted octanol–water partition coefficient (Wildman–Crippen LogP) is 5.57. The number of phenolic OH excluding ortho intramolecular Hbond substituents is 5. The van der Waals surface area contributed by atoms with Crippen LogP contribution in [0, 0.1) is 0 Å². The molecule has 0 saturated heterocycles. The molecule has 6 N–H and O–H groups in total. The van der Waals surface area contributed by atoms with Crippen molar-refractivity contribution in [3.8, 4) is 46.0 Å². The first kappa shape index (κ1) is 30.3. The number of phenols is 5. The highest BCUT2D eigenvalue weighted by molar-refractivity contribution is 6.01. The topological polar surface area (TPSA) is 209 Å². The monoisotopic (exact) mass is 668 g/mol. The van der Waals surface area contributed by atoms with Crippen molar-refractivity contribution in [1.82, 2.24) is 0 Å². The van der Waals surface area contributed by atoms with Crippen LogP contribution in [-0.2, 0) is 0 Å². The molecule has 2 aliphatic heterocycles. The molecule has 4 heterocycles. The number of hydrogen-bond acceptors (Lipinski definition) is 13. The van der Waals surface area contributed by atoms with Crippen LogP contribution in [0.4, 0.5) is 0 Å². The van der Waals surface area contributed by atoms with Gasteiger partial charge in [0.05, 0.1) is 27.5 Å². The third-order valence-corrected chi connectivity index (χ3v) is 8.87. The highest BCUT2D eigenvalue weighted by Crippen LogP contribution is 2.51. The molecule has 0 spiro atoms. The van der Waals surface area contributed by atoms with Gasteiger partial charge >= 0.3 is 0 Å². The average Bonchev–Trinajstić information content (AvgIpc) is 3.38. The Labute approximate surface area is 274 Å². The first-order valence-electron chi connectivity index (χ1n) is 15.2. The molecule has 0 radical (unpaired) electrons. The summed E-state index contributed by atoms with van der Waals surface area (Å²) in [6.07, 6.45) is 0.904. The number of aliphatic hydroxyl groups is 1. The average molecular weight is 669 g/mol.